The molecule has 1 aromatic carbocycles. The number of nitrogens with one attached hydrogen (secondary N) is 5. The van der Waals surface area contributed by atoms with Crippen LogP contribution in [0.15, 0.2) is 42.6 Å². The number of alkyl carbamates (subject to hydrolysis) is 1. The van der Waals surface area contributed by atoms with E-state index in [0.29, 0.717) is 18.5 Å². The normalized spacial score (nSPS) is 18.5. The summed E-state index contributed by atoms with van der Waals surface area (Å²) < 4.78 is 5.20. The van der Waals surface area contributed by atoms with Crippen molar-refractivity contribution in [2.75, 3.05) is 19.7 Å². The molecule has 0 aliphatic carbocycles. The predicted molar refractivity (Wildman–Crippen MR) is 137 cm³/mol. The van der Waals surface area contributed by atoms with E-state index in [9.17, 15) is 24.3 Å². The van der Waals surface area contributed by atoms with Crippen LogP contribution < -0.4 is 26.9 Å². The molecule has 1 aromatic rings. The number of rotatable bonds is 15. The van der Waals surface area contributed by atoms with Gasteiger partial charge in [0.05, 0.1) is 25.6 Å². The van der Waals surface area contributed by atoms with Gasteiger partial charge in [-0.3, -0.25) is 24.1 Å². The van der Waals surface area contributed by atoms with Crippen LogP contribution in [0.1, 0.15) is 38.2 Å². The van der Waals surface area contributed by atoms with Crippen LogP contribution in [0.3, 0.4) is 0 Å². The largest absolute Gasteiger partial charge is 0.481 e. The highest BCUT2D eigenvalue weighted by atomic mass is 16.9. The van der Waals surface area contributed by atoms with Gasteiger partial charge in [0, 0.05) is 18.7 Å². The van der Waals surface area contributed by atoms with Crippen LogP contribution in [0, 0.1) is 0 Å². The van der Waals surface area contributed by atoms with Crippen molar-refractivity contribution in [3.05, 3.63) is 48.2 Å². The Morgan fingerprint density at radius 3 is 2.62 bits per heavy atom. The van der Waals surface area contributed by atoms with Gasteiger partial charge in [0.25, 0.3) is 5.91 Å². The molecule has 1 heterocycles. The van der Waals surface area contributed by atoms with Gasteiger partial charge in [0.1, 0.15) is 18.8 Å². The molecule has 1 aliphatic rings. The topological polar surface area (TPSA) is 197 Å². The third-order valence-corrected chi connectivity index (χ3v) is 5.60. The number of benzene rings is 1. The molecule has 39 heavy (non-hydrogen) atoms. The Labute approximate surface area is 226 Å². The van der Waals surface area contributed by atoms with Crippen molar-refractivity contribution in [1.29, 1.82) is 0 Å². The smallest absolute Gasteiger partial charge is 0.408 e. The van der Waals surface area contributed by atoms with Gasteiger partial charge in [-0.25, -0.2) is 4.79 Å². The van der Waals surface area contributed by atoms with Crippen molar-refractivity contribution in [2.45, 2.75) is 63.5 Å². The van der Waals surface area contributed by atoms with E-state index in [2.05, 4.69) is 33.5 Å². The summed E-state index contributed by atoms with van der Waals surface area (Å²) in [7, 11) is 0. The molecule has 7 N–H and O–H groups in total. The minimum Gasteiger partial charge on any atom is -0.481 e. The van der Waals surface area contributed by atoms with E-state index in [4.69, 9.17) is 19.5 Å². The number of hydrogen-bond acceptors (Lipinski definition) is 10. The van der Waals surface area contributed by atoms with Gasteiger partial charge >= 0.3 is 12.1 Å². The third kappa shape index (κ3) is 12.1. The number of carboxylic acids is 1. The van der Waals surface area contributed by atoms with Gasteiger partial charge in [0.15, 0.2) is 6.10 Å². The SMILES string of the molecule is C=C(CNC(=O)[C@H](CCC)NC(=O)OCc1ccccc1)NC1CONOC(C(O)C(=O)NCCC(=O)O)C1. The van der Waals surface area contributed by atoms with Gasteiger partial charge in [-0.05, 0) is 12.0 Å². The second-order valence-electron chi connectivity index (χ2n) is 8.88. The zero-order chi connectivity index (χ0) is 28.6. The quantitative estimate of drug-likeness (QED) is 0.153. The average molecular weight is 552 g/mol. The number of amides is 3. The maximum absolute atomic E-state index is 12.7. The summed E-state index contributed by atoms with van der Waals surface area (Å²) >= 11 is 0. The molecule has 4 atom stereocenters. The molecule has 1 aliphatic heterocycles. The molecule has 0 radical (unpaired) electrons. The summed E-state index contributed by atoms with van der Waals surface area (Å²) in [4.78, 5) is 58.0. The van der Waals surface area contributed by atoms with Crippen LogP contribution in [0.5, 0.6) is 0 Å². The second kappa shape index (κ2) is 17.0. The average Bonchev–Trinajstić information content (AvgIpc) is 3.15. The highest BCUT2D eigenvalue weighted by Crippen LogP contribution is 2.12. The van der Waals surface area contributed by atoms with E-state index in [-0.39, 0.29) is 39.1 Å². The van der Waals surface area contributed by atoms with E-state index in [1.54, 1.807) is 0 Å². The van der Waals surface area contributed by atoms with Crippen molar-refractivity contribution in [2.24, 2.45) is 0 Å². The Morgan fingerprint density at radius 2 is 1.92 bits per heavy atom. The minimum atomic E-state index is -1.59. The van der Waals surface area contributed by atoms with Crippen molar-refractivity contribution < 1.29 is 43.8 Å². The maximum atomic E-state index is 12.7. The highest BCUT2D eigenvalue weighted by Gasteiger charge is 2.32. The fraction of sp³-hybridized carbons (Fsp3) is 0.520. The Bertz CT molecular complexity index is 963. The molecule has 14 heteroatoms. The van der Waals surface area contributed by atoms with Gasteiger partial charge < -0.3 is 36.2 Å². The van der Waals surface area contributed by atoms with Crippen molar-refractivity contribution >= 4 is 23.9 Å². The summed E-state index contributed by atoms with van der Waals surface area (Å²) in [5.41, 5.74) is 3.44. The Hall–Kier alpha value is -3.72. The van der Waals surface area contributed by atoms with Gasteiger partial charge in [0.2, 0.25) is 5.91 Å². The number of aliphatic carboxylic acids is 1. The molecule has 3 unspecified atom stereocenters. The molecule has 1 saturated heterocycles. The first-order valence-electron chi connectivity index (χ1n) is 12.6. The fourth-order valence-electron chi connectivity index (χ4n) is 3.61. The lowest BCUT2D eigenvalue weighted by atomic mass is 10.0. The first-order chi connectivity index (χ1) is 18.7. The minimum absolute atomic E-state index is 0.0352. The maximum Gasteiger partial charge on any atom is 0.408 e. The van der Waals surface area contributed by atoms with E-state index in [0.717, 1.165) is 5.56 Å². The number of ether oxygens (including phenoxy) is 1. The molecular formula is C25H37N5O9. The lowest BCUT2D eigenvalue weighted by molar-refractivity contribution is -0.201. The van der Waals surface area contributed by atoms with Gasteiger partial charge in [-0.2, -0.15) is 0 Å². The van der Waals surface area contributed by atoms with E-state index >= 15 is 0 Å². The molecule has 14 nitrogen and oxygen atoms in total. The molecule has 2 rings (SSSR count). The van der Waals surface area contributed by atoms with Gasteiger partial charge in [-0.1, -0.05) is 55.9 Å². The number of carbonyl (C=O) groups excluding carboxylic acids is 3. The third-order valence-electron chi connectivity index (χ3n) is 5.60. The van der Waals surface area contributed by atoms with Crippen LogP contribution in [0.25, 0.3) is 0 Å². The van der Waals surface area contributed by atoms with E-state index in [1.807, 2.05) is 37.3 Å². The lowest BCUT2D eigenvalue weighted by Crippen LogP contribution is -2.49. The summed E-state index contributed by atoms with van der Waals surface area (Å²) in [5.74, 6) is -2.28. The molecule has 3 amide bonds. The van der Waals surface area contributed by atoms with Crippen molar-refractivity contribution in [3.63, 3.8) is 0 Å². The van der Waals surface area contributed by atoms with Crippen molar-refractivity contribution in [1.82, 2.24) is 26.9 Å². The zero-order valence-corrected chi connectivity index (χ0v) is 21.8. The summed E-state index contributed by atoms with van der Waals surface area (Å²) in [6.07, 6.45) is -2.42. The molecule has 0 bridgehead atoms. The monoisotopic (exact) mass is 551 g/mol. The summed E-state index contributed by atoms with van der Waals surface area (Å²) in [5, 5.41) is 29.7. The Kier molecular flexibility index (Phi) is 13.7. The standard InChI is InChI=1S/C25H37N5O9/c1-3-7-19(29-25(36)37-14-17-8-5-4-6-9-17)23(34)27-13-16(2)28-18-12-20(39-30-38-15-18)22(33)24(35)26-11-10-21(31)32/h4-6,8-9,18-20,22,28,30,33H,2-3,7,10-15H2,1H3,(H,26,35)(H,27,34)(H,29,36)(H,31,32)/t18?,19-,20?,22?/m0/s1. The molecule has 1 fully saturated rings. The zero-order valence-electron chi connectivity index (χ0n) is 21.8. The molecule has 0 saturated carbocycles. The van der Waals surface area contributed by atoms with Gasteiger partial charge in [-0.15, -0.1) is 0 Å². The van der Waals surface area contributed by atoms with Crippen LogP contribution >= 0.6 is 0 Å². The summed E-state index contributed by atoms with van der Waals surface area (Å²) in [6, 6.07) is 7.92. The number of carbonyl (C=O) groups is 4. The molecule has 0 aromatic heterocycles. The number of hydrogen-bond donors (Lipinski definition) is 7. The predicted octanol–water partition coefficient (Wildman–Crippen LogP) is -0.153. The highest BCUT2D eigenvalue weighted by molar-refractivity contribution is 5.85. The Morgan fingerprint density at radius 1 is 1.18 bits per heavy atom. The first-order valence-corrected chi connectivity index (χ1v) is 12.6. The van der Waals surface area contributed by atoms with E-state index < -0.39 is 48.2 Å². The Balaban J connectivity index is 1.79. The molecule has 216 valence electrons. The first kappa shape index (κ1) is 31.5. The number of aliphatic hydroxyl groups is 1. The molecule has 0 spiro atoms. The number of aliphatic hydroxyl groups excluding tert-OH is 1. The van der Waals surface area contributed by atoms with Crippen LogP contribution in [0.2, 0.25) is 0 Å². The number of carboxylic acid groups (broad SMARTS) is 1. The van der Waals surface area contributed by atoms with Crippen LogP contribution in [0.4, 0.5) is 4.79 Å². The van der Waals surface area contributed by atoms with Crippen molar-refractivity contribution in [3.8, 4) is 0 Å². The summed E-state index contributed by atoms with van der Waals surface area (Å²) in [6.45, 7) is 5.84. The molecular weight excluding hydrogens is 514 g/mol. The van der Waals surface area contributed by atoms with E-state index in [1.165, 1.54) is 0 Å². The van der Waals surface area contributed by atoms with Crippen LogP contribution in [-0.4, -0.2) is 78.1 Å². The lowest BCUT2D eigenvalue weighted by Gasteiger charge is -2.24. The van der Waals surface area contributed by atoms with Crippen LogP contribution in [-0.2, 0) is 35.4 Å². The second-order valence-corrected chi connectivity index (χ2v) is 8.88. The fourth-order valence-corrected chi connectivity index (χ4v) is 3.61.